The number of carboxylic acid groups (broad SMARTS) is 1. The highest BCUT2D eigenvalue weighted by atomic mass is 16.5. The number of alkyl carbamates (subject to hydrolysis) is 1. The second kappa shape index (κ2) is 9.36. The molecule has 3 aliphatic rings. The van der Waals surface area contributed by atoms with Crippen LogP contribution in [0.25, 0.3) is 11.1 Å². The molecule has 0 aliphatic heterocycles. The highest BCUT2D eigenvalue weighted by Gasteiger charge is 2.50. The van der Waals surface area contributed by atoms with E-state index < -0.39 is 17.6 Å². The van der Waals surface area contributed by atoms with Crippen LogP contribution >= 0.6 is 0 Å². The van der Waals surface area contributed by atoms with Gasteiger partial charge in [0.25, 0.3) is 0 Å². The van der Waals surface area contributed by atoms with E-state index in [0.29, 0.717) is 13.0 Å². The van der Waals surface area contributed by atoms with Crippen molar-refractivity contribution in [3.8, 4) is 11.1 Å². The fourth-order valence-corrected chi connectivity index (χ4v) is 5.83. The number of amides is 2. The standard InChI is InChI=1S/C28H32N2O5/c1-28(26(32)33,18-13-14-18)30-25(31)19-12-6-7-17(19)15-29-27(34)35-16-24-22-10-4-2-8-20(22)21-9-3-5-11-23(21)24/h2-5,8-11,17-19,24H,6-7,12-16H2,1H3,(H,29,34)(H,30,31)(H,32,33)/t17-,19-,28?/m0/s1. The lowest BCUT2D eigenvalue weighted by Crippen LogP contribution is -2.56. The predicted molar refractivity (Wildman–Crippen MR) is 131 cm³/mol. The molecule has 5 rings (SSSR count). The molecule has 3 atom stereocenters. The van der Waals surface area contributed by atoms with Crippen LogP contribution in [0.1, 0.15) is 56.1 Å². The molecule has 2 aromatic carbocycles. The van der Waals surface area contributed by atoms with Gasteiger partial charge in [-0.2, -0.15) is 0 Å². The number of nitrogens with one attached hydrogen (secondary N) is 2. The normalized spacial score (nSPS) is 22.5. The second-order valence-electron chi connectivity index (χ2n) is 10.3. The first-order valence-corrected chi connectivity index (χ1v) is 12.5. The zero-order valence-corrected chi connectivity index (χ0v) is 20.0. The molecule has 2 saturated carbocycles. The maximum absolute atomic E-state index is 13.0. The number of aliphatic carboxylic acids is 1. The number of carbonyl (C=O) groups is 3. The van der Waals surface area contributed by atoms with Gasteiger partial charge in [-0.1, -0.05) is 55.0 Å². The van der Waals surface area contributed by atoms with Crippen LogP contribution < -0.4 is 10.6 Å². The van der Waals surface area contributed by atoms with Gasteiger partial charge in [-0.3, -0.25) is 4.79 Å². The molecule has 184 valence electrons. The Hall–Kier alpha value is -3.35. The fourth-order valence-electron chi connectivity index (χ4n) is 5.83. The second-order valence-corrected chi connectivity index (χ2v) is 10.3. The van der Waals surface area contributed by atoms with Crippen molar-refractivity contribution < 1.29 is 24.2 Å². The van der Waals surface area contributed by atoms with Crippen LogP contribution in [-0.4, -0.2) is 41.8 Å². The summed E-state index contributed by atoms with van der Waals surface area (Å²) in [6.45, 7) is 2.18. The van der Waals surface area contributed by atoms with Crippen LogP contribution in [0.3, 0.4) is 0 Å². The lowest BCUT2D eigenvalue weighted by molar-refractivity contribution is -0.148. The molecule has 35 heavy (non-hydrogen) atoms. The molecule has 0 bridgehead atoms. The number of hydrogen-bond donors (Lipinski definition) is 3. The topological polar surface area (TPSA) is 105 Å². The van der Waals surface area contributed by atoms with Crippen molar-refractivity contribution in [2.24, 2.45) is 17.8 Å². The molecular weight excluding hydrogens is 444 g/mol. The van der Waals surface area contributed by atoms with Crippen molar-refractivity contribution in [3.63, 3.8) is 0 Å². The highest BCUT2D eigenvalue weighted by Crippen LogP contribution is 2.44. The van der Waals surface area contributed by atoms with Crippen LogP contribution in [0, 0.1) is 17.8 Å². The van der Waals surface area contributed by atoms with E-state index in [0.717, 1.165) is 36.8 Å². The average molecular weight is 477 g/mol. The van der Waals surface area contributed by atoms with Gasteiger partial charge in [-0.05, 0) is 66.7 Å². The summed E-state index contributed by atoms with van der Waals surface area (Å²) in [5, 5.41) is 15.3. The summed E-state index contributed by atoms with van der Waals surface area (Å²) in [4.78, 5) is 37.3. The van der Waals surface area contributed by atoms with Crippen LogP contribution in [0.2, 0.25) is 0 Å². The van der Waals surface area contributed by atoms with Crippen molar-refractivity contribution in [1.82, 2.24) is 10.6 Å². The summed E-state index contributed by atoms with van der Waals surface area (Å²) in [6, 6.07) is 16.4. The van der Waals surface area contributed by atoms with Gasteiger partial charge in [-0.15, -0.1) is 0 Å². The van der Waals surface area contributed by atoms with E-state index in [1.807, 2.05) is 24.3 Å². The van der Waals surface area contributed by atoms with Crippen LogP contribution in [-0.2, 0) is 14.3 Å². The maximum atomic E-state index is 13.0. The summed E-state index contributed by atoms with van der Waals surface area (Å²) in [5.41, 5.74) is 3.45. The molecule has 2 amide bonds. The van der Waals surface area contributed by atoms with Gasteiger partial charge in [0.15, 0.2) is 0 Å². The Kier molecular flexibility index (Phi) is 6.26. The minimum atomic E-state index is -1.22. The van der Waals surface area contributed by atoms with Crippen molar-refractivity contribution in [3.05, 3.63) is 59.7 Å². The maximum Gasteiger partial charge on any atom is 0.407 e. The summed E-state index contributed by atoms with van der Waals surface area (Å²) in [6.07, 6.45) is 3.54. The Labute approximate surface area is 205 Å². The van der Waals surface area contributed by atoms with Gasteiger partial charge in [0.1, 0.15) is 12.1 Å². The molecule has 2 aromatic rings. The van der Waals surface area contributed by atoms with E-state index in [1.165, 1.54) is 11.1 Å². The van der Waals surface area contributed by atoms with Crippen LogP contribution in [0.4, 0.5) is 4.79 Å². The Bertz CT molecular complexity index is 1100. The zero-order chi connectivity index (χ0) is 24.6. The zero-order valence-electron chi connectivity index (χ0n) is 20.0. The van der Waals surface area contributed by atoms with Crippen molar-refractivity contribution in [2.45, 2.75) is 50.5 Å². The molecule has 1 unspecified atom stereocenters. The minimum absolute atomic E-state index is 0.00530. The first-order valence-electron chi connectivity index (χ1n) is 12.5. The van der Waals surface area contributed by atoms with Gasteiger partial charge < -0.3 is 20.5 Å². The third kappa shape index (κ3) is 4.51. The fraction of sp³-hybridized carbons (Fsp3) is 0.464. The summed E-state index contributed by atoms with van der Waals surface area (Å²) < 4.78 is 5.62. The van der Waals surface area contributed by atoms with Crippen molar-refractivity contribution in [1.29, 1.82) is 0 Å². The number of rotatable bonds is 8. The molecule has 3 N–H and O–H groups in total. The first-order chi connectivity index (χ1) is 16.9. The van der Waals surface area contributed by atoms with Gasteiger partial charge >= 0.3 is 12.1 Å². The summed E-state index contributed by atoms with van der Waals surface area (Å²) in [5.74, 6) is -1.57. The van der Waals surface area contributed by atoms with E-state index >= 15 is 0 Å². The van der Waals surface area contributed by atoms with E-state index in [4.69, 9.17) is 4.74 Å². The Morgan fingerprint density at radius 2 is 1.60 bits per heavy atom. The monoisotopic (exact) mass is 476 g/mol. The van der Waals surface area contributed by atoms with E-state index in [2.05, 4.69) is 34.9 Å². The first kappa shape index (κ1) is 23.4. The highest BCUT2D eigenvalue weighted by molar-refractivity contribution is 5.88. The van der Waals surface area contributed by atoms with E-state index in [-0.39, 0.29) is 36.2 Å². The molecule has 0 saturated heterocycles. The molecular formula is C28H32N2O5. The lowest BCUT2D eigenvalue weighted by Gasteiger charge is -2.29. The molecule has 7 heteroatoms. The molecule has 3 aliphatic carbocycles. The molecule has 0 spiro atoms. The number of benzene rings is 2. The number of hydrogen-bond acceptors (Lipinski definition) is 4. The summed E-state index contributed by atoms with van der Waals surface area (Å²) in [7, 11) is 0. The van der Waals surface area contributed by atoms with Gasteiger partial charge in [-0.25, -0.2) is 9.59 Å². The largest absolute Gasteiger partial charge is 0.480 e. The van der Waals surface area contributed by atoms with Gasteiger partial charge in [0.05, 0.1) is 0 Å². The van der Waals surface area contributed by atoms with Crippen LogP contribution in [0.15, 0.2) is 48.5 Å². The number of carboxylic acids is 1. The quantitative estimate of drug-likeness (QED) is 0.527. The van der Waals surface area contributed by atoms with Gasteiger partial charge in [0, 0.05) is 18.4 Å². The average Bonchev–Trinajstić information content (AvgIpc) is 3.53. The number of ether oxygens (including phenoxy) is 1. The third-order valence-electron chi connectivity index (χ3n) is 8.07. The molecule has 0 aromatic heterocycles. The minimum Gasteiger partial charge on any atom is -0.480 e. The summed E-state index contributed by atoms with van der Waals surface area (Å²) >= 11 is 0. The smallest absolute Gasteiger partial charge is 0.407 e. The molecule has 0 heterocycles. The Morgan fingerprint density at radius 1 is 0.971 bits per heavy atom. The van der Waals surface area contributed by atoms with Crippen molar-refractivity contribution >= 4 is 18.0 Å². The molecule has 7 nitrogen and oxygen atoms in total. The van der Waals surface area contributed by atoms with Crippen LogP contribution in [0.5, 0.6) is 0 Å². The van der Waals surface area contributed by atoms with Crippen molar-refractivity contribution in [2.75, 3.05) is 13.2 Å². The van der Waals surface area contributed by atoms with E-state index in [9.17, 15) is 19.5 Å². The Balaban J connectivity index is 1.16. The molecule has 2 fully saturated rings. The SMILES string of the molecule is CC(NC(=O)[C@H]1CCC[C@H]1CNC(=O)OCC1c2ccccc2-c2ccccc21)(C(=O)O)C1CC1. The Morgan fingerprint density at radius 3 is 2.20 bits per heavy atom. The van der Waals surface area contributed by atoms with E-state index in [1.54, 1.807) is 6.92 Å². The lowest BCUT2D eigenvalue weighted by atomic mass is 9.91. The van der Waals surface area contributed by atoms with Gasteiger partial charge in [0.2, 0.25) is 5.91 Å². The predicted octanol–water partition coefficient (Wildman–Crippen LogP) is 4.31. The number of carbonyl (C=O) groups excluding carboxylic acids is 2. The number of fused-ring (bicyclic) bond motifs is 3. The molecule has 0 radical (unpaired) electrons. The third-order valence-corrected chi connectivity index (χ3v) is 8.07.